The van der Waals surface area contributed by atoms with Crippen LogP contribution in [0.2, 0.25) is 0 Å². The maximum absolute atomic E-state index is 12.6. The van der Waals surface area contributed by atoms with Crippen molar-refractivity contribution < 1.29 is 4.79 Å². The molecule has 120 valence electrons. The Labute approximate surface area is 142 Å². The lowest BCUT2D eigenvalue weighted by atomic mass is 10.1. The molecule has 0 bridgehead atoms. The number of amides is 2. The van der Waals surface area contributed by atoms with E-state index in [-0.39, 0.29) is 11.4 Å². The molecule has 1 heterocycles. The Morgan fingerprint density at radius 3 is 2.52 bits per heavy atom. The van der Waals surface area contributed by atoms with Gasteiger partial charge in [0.25, 0.3) is 0 Å². The zero-order valence-electron chi connectivity index (χ0n) is 13.6. The number of benzene rings is 2. The maximum atomic E-state index is 12.6. The molecule has 1 fully saturated rings. The number of carbonyl (C=O) groups excluding carboxylic acids is 1. The summed E-state index contributed by atoms with van der Waals surface area (Å²) >= 11 is 1.82. The first-order chi connectivity index (χ1) is 11.2. The molecule has 23 heavy (non-hydrogen) atoms. The van der Waals surface area contributed by atoms with E-state index in [0.717, 1.165) is 24.4 Å². The smallest absolute Gasteiger partial charge is 0.308 e. The third-order valence-corrected chi connectivity index (χ3v) is 5.39. The summed E-state index contributed by atoms with van der Waals surface area (Å²) in [5.74, 6) is 0.973. The molecule has 1 aliphatic rings. The van der Waals surface area contributed by atoms with Gasteiger partial charge >= 0.3 is 6.03 Å². The molecule has 0 aliphatic carbocycles. The molecule has 1 unspecified atom stereocenters. The second-order valence-corrected chi connectivity index (χ2v) is 7.00. The number of nitrogens with zero attached hydrogens (tertiary/aromatic N) is 1. The van der Waals surface area contributed by atoms with Crippen molar-refractivity contribution in [3.8, 4) is 0 Å². The summed E-state index contributed by atoms with van der Waals surface area (Å²) < 4.78 is 0. The normalized spacial score (nSPS) is 17.3. The largest absolute Gasteiger partial charge is 0.323 e. The highest BCUT2D eigenvalue weighted by molar-refractivity contribution is 7.99. The van der Waals surface area contributed by atoms with Crippen molar-refractivity contribution in [2.75, 3.05) is 17.6 Å². The Kier molecular flexibility index (Phi) is 4.91. The minimum atomic E-state index is -0.0233. The zero-order valence-corrected chi connectivity index (χ0v) is 14.4. The van der Waals surface area contributed by atoms with Crippen LogP contribution in [0.1, 0.15) is 29.0 Å². The molecule has 0 spiro atoms. The molecule has 1 atom stereocenters. The van der Waals surface area contributed by atoms with Crippen molar-refractivity contribution in [2.45, 2.75) is 25.6 Å². The van der Waals surface area contributed by atoms with E-state index >= 15 is 0 Å². The molecule has 0 aromatic heterocycles. The van der Waals surface area contributed by atoms with Crippen LogP contribution >= 0.6 is 11.8 Å². The predicted molar refractivity (Wildman–Crippen MR) is 97.9 cm³/mol. The van der Waals surface area contributed by atoms with E-state index in [9.17, 15) is 4.79 Å². The summed E-state index contributed by atoms with van der Waals surface area (Å²) in [4.78, 5) is 14.5. The van der Waals surface area contributed by atoms with Gasteiger partial charge < -0.3 is 10.2 Å². The summed E-state index contributed by atoms with van der Waals surface area (Å²) in [6, 6.07) is 16.5. The third kappa shape index (κ3) is 3.70. The first kappa shape index (κ1) is 15.9. The molecule has 3 nitrogen and oxygen atoms in total. The molecular weight excluding hydrogens is 304 g/mol. The average molecular weight is 326 g/mol. The van der Waals surface area contributed by atoms with Crippen molar-refractivity contribution in [2.24, 2.45) is 0 Å². The van der Waals surface area contributed by atoms with Gasteiger partial charge in [-0.25, -0.2) is 4.79 Å². The molecule has 0 radical (unpaired) electrons. The van der Waals surface area contributed by atoms with Crippen LogP contribution in [0.5, 0.6) is 0 Å². The molecule has 2 aromatic carbocycles. The standard InChI is InChI=1S/C19H22N2OS/c1-3-15-6-10-17(11-7-15)20-19(22)21-12-13-23-18(21)16-8-4-14(2)5-9-16/h4-11,18H,3,12-13H2,1-2H3,(H,20,22). The van der Waals surface area contributed by atoms with E-state index < -0.39 is 0 Å². The summed E-state index contributed by atoms with van der Waals surface area (Å²) in [6.07, 6.45) is 1.01. The molecule has 2 aromatic rings. The van der Waals surface area contributed by atoms with Crippen LogP contribution in [0.15, 0.2) is 48.5 Å². The number of nitrogens with one attached hydrogen (secondary N) is 1. The maximum Gasteiger partial charge on any atom is 0.323 e. The SMILES string of the molecule is CCc1ccc(NC(=O)N2CCSC2c2ccc(C)cc2)cc1. The summed E-state index contributed by atoms with van der Waals surface area (Å²) in [7, 11) is 0. The lowest BCUT2D eigenvalue weighted by Gasteiger charge is -2.24. The number of carbonyl (C=O) groups is 1. The van der Waals surface area contributed by atoms with Crippen molar-refractivity contribution in [1.29, 1.82) is 0 Å². The number of hydrogen-bond acceptors (Lipinski definition) is 2. The average Bonchev–Trinajstić information content (AvgIpc) is 3.06. The fraction of sp³-hybridized carbons (Fsp3) is 0.316. The van der Waals surface area contributed by atoms with E-state index in [1.54, 1.807) is 0 Å². The summed E-state index contributed by atoms with van der Waals surface area (Å²) in [5, 5.41) is 3.12. The second kappa shape index (κ2) is 7.09. The Bertz CT molecular complexity index is 667. The van der Waals surface area contributed by atoms with Crippen LogP contribution in [0, 0.1) is 6.92 Å². The minimum Gasteiger partial charge on any atom is -0.308 e. The summed E-state index contributed by atoms with van der Waals surface area (Å²) in [5.41, 5.74) is 4.56. The van der Waals surface area contributed by atoms with Crippen LogP contribution in [-0.2, 0) is 6.42 Å². The number of anilines is 1. The number of rotatable bonds is 3. The van der Waals surface area contributed by atoms with Crippen LogP contribution in [0.4, 0.5) is 10.5 Å². The number of aryl methyl sites for hydroxylation is 2. The number of thioether (sulfide) groups is 1. The van der Waals surface area contributed by atoms with Gasteiger partial charge in [0.15, 0.2) is 0 Å². The number of urea groups is 1. The van der Waals surface area contributed by atoms with Gasteiger partial charge in [0, 0.05) is 18.0 Å². The fourth-order valence-electron chi connectivity index (χ4n) is 2.70. The first-order valence-electron chi connectivity index (χ1n) is 8.02. The monoisotopic (exact) mass is 326 g/mol. The van der Waals surface area contributed by atoms with Crippen molar-refractivity contribution in [3.63, 3.8) is 0 Å². The number of hydrogen-bond donors (Lipinski definition) is 1. The molecular formula is C19H22N2OS. The van der Waals surface area contributed by atoms with E-state index in [0.29, 0.717) is 0 Å². The minimum absolute atomic E-state index is 0.0233. The van der Waals surface area contributed by atoms with Crippen LogP contribution < -0.4 is 5.32 Å². The zero-order chi connectivity index (χ0) is 16.2. The first-order valence-corrected chi connectivity index (χ1v) is 9.07. The fourth-order valence-corrected chi connectivity index (χ4v) is 3.96. The highest BCUT2D eigenvalue weighted by Gasteiger charge is 2.30. The molecule has 1 aliphatic heterocycles. The topological polar surface area (TPSA) is 32.3 Å². The molecule has 4 heteroatoms. The van der Waals surface area contributed by atoms with Gasteiger partial charge in [-0.1, -0.05) is 48.9 Å². The van der Waals surface area contributed by atoms with Gasteiger partial charge in [0.1, 0.15) is 5.37 Å². The molecule has 0 saturated carbocycles. The highest BCUT2D eigenvalue weighted by Crippen LogP contribution is 2.38. The van der Waals surface area contributed by atoms with Gasteiger partial charge in [0.2, 0.25) is 0 Å². The Balaban J connectivity index is 1.71. The lowest BCUT2D eigenvalue weighted by molar-refractivity contribution is 0.214. The second-order valence-electron chi connectivity index (χ2n) is 5.81. The van der Waals surface area contributed by atoms with Crippen molar-refractivity contribution in [1.82, 2.24) is 4.90 Å². The van der Waals surface area contributed by atoms with Gasteiger partial charge in [-0.15, -0.1) is 11.8 Å². The summed E-state index contributed by atoms with van der Waals surface area (Å²) in [6.45, 7) is 4.99. The Morgan fingerprint density at radius 1 is 1.17 bits per heavy atom. The highest BCUT2D eigenvalue weighted by atomic mass is 32.2. The molecule has 2 amide bonds. The Morgan fingerprint density at radius 2 is 1.87 bits per heavy atom. The van der Waals surface area contributed by atoms with Crippen molar-refractivity contribution >= 4 is 23.5 Å². The van der Waals surface area contributed by atoms with E-state index in [1.807, 2.05) is 28.8 Å². The predicted octanol–water partition coefficient (Wildman–Crippen LogP) is 4.84. The van der Waals surface area contributed by atoms with Crippen LogP contribution in [-0.4, -0.2) is 23.2 Å². The third-order valence-electron chi connectivity index (χ3n) is 4.13. The Hall–Kier alpha value is -1.94. The van der Waals surface area contributed by atoms with Gasteiger partial charge in [0.05, 0.1) is 0 Å². The van der Waals surface area contributed by atoms with E-state index in [2.05, 4.69) is 55.6 Å². The van der Waals surface area contributed by atoms with Gasteiger partial charge in [-0.05, 0) is 36.6 Å². The quantitative estimate of drug-likeness (QED) is 0.875. The van der Waals surface area contributed by atoms with Crippen molar-refractivity contribution in [3.05, 3.63) is 65.2 Å². The van der Waals surface area contributed by atoms with Gasteiger partial charge in [-0.3, -0.25) is 0 Å². The van der Waals surface area contributed by atoms with Crippen LogP contribution in [0.3, 0.4) is 0 Å². The van der Waals surface area contributed by atoms with Crippen LogP contribution in [0.25, 0.3) is 0 Å². The van der Waals surface area contributed by atoms with Gasteiger partial charge in [-0.2, -0.15) is 0 Å². The molecule has 3 rings (SSSR count). The lowest BCUT2D eigenvalue weighted by Crippen LogP contribution is -2.34. The van der Waals surface area contributed by atoms with E-state index in [1.165, 1.54) is 16.7 Å². The van der Waals surface area contributed by atoms with E-state index in [4.69, 9.17) is 0 Å². The molecule has 1 N–H and O–H groups in total. The molecule has 1 saturated heterocycles.